The zero-order valence-corrected chi connectivity index (χ0v) is 66.7. The zero-order valence-electron chi connectivity index (χ0n) is 61.9. The Balaban J connectivity index is 0.000000128. The fourth-order valence-electron chi connectivity index (χ4n) is 20.3. The molecule has 18 rings (SSSR count). The first kappa shape index (κ1) is 78.3. The second-order valence-electron chi connectivity index (χ2n) is 31.5. The molecule has 0 spiro atoms. The van der Waals surface area contributed by atoms with E-state index in [1.54, 1.807) is 37.4 Å². The molecule has 3 saturated heterocycles. The van der Waals surface area contributed by atoms with Gasteiger partial charge in [0.05, 0.1) is 23.4 Å². The van der Waals surface area contributed by atoms with Crippen molar-refractivity contribution in [2.24, 2.45) is 17.2 Å². The van der Waals surface area contributed by atoms with Crippen LogP contribution in [0.4, 0.5) is 0 Å². The number of aromatic hydroxyl groups is 1. The number of carbonyl (C=O) groups excluding carboxylic acids is 3. The van der Waals surface area contributed by atoms with Crippen LogP contribution in [0, 0.1) is 13.8 Å². The maximum Gasteiger partial charge on any atom is 0.369 e. The third kappa shape index (κ3) is 14.4. The van der Waals surface area contributed by atoms with E-state index in [2.05, 4.69) is 164 Å². The number of fused-ring (bicyclic) bond motifs is 6. The van der Waals surface area contributed by atoms with Crippen LogP contribution in [0.25, 0.3) is 0 Å². The number of phenolic OH excluding ortho intramolecular Hbond substituents is 1. The van der Waals surface area contributed by atoms with Crippen LogP contribution in [0.15, 0.2) is 178 Å². The average molecular weight is 1680 g/mol. The van der Waals surface area contributed by atoms with Gasteiger partial charge in [-0.25, -0.2) is 0 Å². The molecule has 0 unspecified atom stereocenters. The van der Waals surface area contributed by atoms with Crippen molar-refractivity contribution in [3.63, 3.8) is 0 Å². The smallest absolute Gasteiger partial charge is 0.369 e. The van der Waals surface area contributed by atoms with E-state index < -0.39 is 67.4 Å². The number of aliphatic hydroxyl groups is 3. The fraction of sp³-hybridized carbons (Fsp3) is 0.372. The maximum atomic E-state index is 12.7. The van der Waals surface area contributed by atoms with Crippen LogP contribution in [0.3, 0.4) is 0 Å². The molecule has 3 amide bonds. The molecular weight excluding hydrogens is 1590 g/mol. The number of nitrogens with two attached hydrogens (primary N) is 3. The van der Waals surface area contributed by atoms with E-state index in [-0.39, 0.29) is 43.8 Å². The van der Waals surface area contributed by atoms with Crippen LogP contribution < -0.4 is 39.2 Å². The molecule has 3 aromatic heterocycles. The van der Waals surface area contributed by atoms with Gasteiger partial charge in [-0.05, 0) is 182 Å². The number of H-pyrrole nitrogens is 3. The molecule has 24 heteroatoms. The molecule has 0 radical (unpaired) electrons. The van der Waals surface area contributed by atoms with Gasteiger partial charge in [0.15, 0.2) is 0 Å². The van der Waals surface area contributed by atoms with E-state index in [0.29, 0.717) is 58.0 Å². The van der Waals surface area contributed by atoms with E-state index in [1.165, 1.54) is 50.1 Å². The van der Waals surface area contributed by atoms with Gasteiger partial charge < -0.3 is 62.6 Å². The normalized spacial score (nSPS) is 25.7. The number of hydrogen-bond acceptors (Lipinski definition) is 14. The number of nitrogens with zero attached hydrogens (tertiary/aromatic N) is 2. The SMILES string of the molecule is BrB(Br)Br.COCc1ccccc1.Cc1ccc2c(c1)[C@]13CCN(CCc4ccccc4)[C@H](C2)[C@]1(O)Cc1cc(C(N)=O)c(=O)[nH]c1C3.Cc1ccc2c(c1)[C@]13CCN[C@H](C2)[C@]1(O)Cc1cc(C(N)=O)c(=O)[nH]c1C3.NC(=O)c1cc2c([nH]c1=O)C[C@]13CCN(CCc4ccccc4)[C@H](Cc4ccc(O)cc41)[C@]3(O)C2. The number of nitrogens with one attached hydrogen (secondary N) is 4. The Morgan fingerprint density at radius 2 is 0.845 bits per heavy atom. The van der Waals surface area contributed by atoms with Crippen LogP contribution in [0.2, 0.25) is 0 Å². The molecule has 6 aliphatic carbocycles. The van der Waals surface area contributed by atoms with E-state index in [4.69, 9.17) is 21.9 Å². The van der Waals surface area contributed by atoms with E-state index in [9.17, 15) is 49.2 Å². The second kappa shape index (κ2) is 31.3. The molecule has 20 nitrogen and oxygen atoms in total. The first-order valence-electron chi connectivity index (χ1n) is 37.7. The minimum absolute atomic E-state index is 0.0403. The van der Waals surface area contributed by atoms with Crippen LogP contribution in [0.5, 0.6) is 5.75 Å². The first-order valence-corrected chi connectivity index (χ1v) is 40.5. The highest BCUT2D eigenvalue weighted by Crippen LogP contribution is 2.60. The average Bonchev–Trinajstić information content (AvgIpc) is 0.695. The lowest BCUT2D eigenvalue weighted by atomic mass is 9.49. The number of aromatic nitrogens is 3. The van der Waals surface area contributed by atoms with Gasteiger partial charge in [0, 0.05) is 110 Å². The van der Waals surface area contributed by atoms with Crippen molar-refractivity contribution in [2.75, 3.05) is 39.8 Å². The Morgan fingerprint density at radius 3 is 1.25 bits per heavy atom. The van der Waals surface area contributed by atoms with Gasteiger partial charge in [-0.1, -0.05) is 145 Å². The molecule has 9 aliphatic rings. The number of hydrogen-bond donors (Lipinski definition) is 11. The standard InChI is InChI=1S/C29H31N3O3.C28H29N3O4.C21H23N3O3.C8H10O.BBr3/c1-18-7-8-20-15-25-29(35)16-21-14-22(26(30)33)27(34)31-24(21)17-28(29,23(20)13-18)10-12-32(25)11-9-19-5-3-2-4-6-19;29-25(33)21-12-19-15-28(35)24-13-18-6-7-20(32)14-22(18)27(28,16-23(19)30-26(21)34)9-11-31(24)10-8-17-4-2-1-3-5-17;1-11-2-3-12-8-17-21(27)9-13-7-14(18(22)25)19(26)24-16(13)10-20(21,4-5-23-17)15(12)6-11;1-9-7-8-5-3-2-4-6-8;2-1(3)4/h2-8,13-14,25,35H,9-12,15-17H2,1H3,(H2,30,33)(H,31,34);1-7,12,14,24,32,35H,8-11,13,15-16H2,(H2,29,33)(H,30,34);2-3,6-7,17,23,27H,4-5,8-10H2,1H3,(H2,22,25)(H,24,26);2-6H,7H2,1H3;/t25-,28-,29-;24-,27-,28-;17-,20-,21-;;/m111../s1. The minimum atomic E-state index is -1.12. The van der Waals surface area contributed by atoms with Crippen LogP contribution >= 0.6 is 47.3 Å². The van der Waals surface area contributed by atoms with Crippen molar-refractivity contribution in [3.8, 4) is 5.75 Å². The summed E-state index contributed by atoms with van der Waals surface area (Å²) in [6.45, 7) is 9.11. The number of aryl methyl sites for hydroxylation is 2. The summed E-state index contributed by atoms with van der Waals surface area (Å²) >= 11 is 9.31. The number of halogens is 3. The molecule has 9 aromatic rings. The lowest BCUT2D eigenvalue weighted by Gasteiger charge is -2.63. The van der Waals surface area contributed by atoms with Crippen LogP contribution in [0.1, 0.15) is 145 Å². The zero-order chi connectivity index (χ0) is 77.8. The number of phenols is 1. The van der Waals surface area contributed by atoms with E-state index in [0.717, 1.165) is 116 Å². The quantitative estimate of drug-likeness (QED) is 0.0540. The largest absolute Gasteiger partial charge is 0.508 e. The molecular formula is C86H93BBr3N9O11. The number of aromatic amines is 3. The van der Waals surface area contributed by atoms with Gasteiger partial charge in [0.2, 0.25) is 0 Å². The number of methoxy groups -OCH3 is 1. The highest BCUT2D eigenvalue weighted by atomic mass is 79.9. The van der Waals surface area contributed by atoms with Crippen LogP contribution in [-0.4, -0.2) is 141 Å². The molecule has 0 saturated carbocycles. The Morgan fingerprint density at radius 1 is 0.482 bits per heavy atom. The molecule has 3 aliphatic heterocycles. The highest BCUT2D eigenvalue weighted by Gasteiger charge is 2.67. The van der Waals surface area contributed by atoms with Gasteiger partial charge in [-0.2, -0.15) is 0 Å². The lowest BCUT2D eigenvalue weighted by Crippen LogP contribution is -2.74. The fourth-order valence-corrected chi connectivity index (χ4v) is 20.3. The molecule has 572 valence electrons. The summed E-state index contributed by atoms with van der Waals surface area (Å²) in [5.41, 5.74) is 28.0. The summed E-state index contributed by atoms with van der Waals surface area (Å²) in [4.78, 5) is 86.3. The Labute approximate surface area is 664 Å². The van der Waals surface area contributed by atoms with Crippen molar-refractivity contribution in [2.45, 2.75) is 162 Å². The molecule has 9 atom stereocenters. The van der Waals surface area contributed by atoms with Crippen molar-refractivity contribution in [1.29, 1.82) is 0 Å². The number of ether oxygens (including phenoxy) is 1. The first-order chi connectivity index (χ1) is 52.6. The second-order valence-corrected chi connectivity index (χ2v) is 37.9. The number of piperidine rings is 3. The van der Waals surface area contributed by atoms with Gasteiger partial charge >= 0.3 is 3.18 Å². The van der Waals surface area contributed by atoms with Gasteiger partial charge in [-0.3, -0.25) is 38.6 Å². The predicted octanol–water partition coefficient (Wildman–Crippen LogP) is 8.70. The summed E-state index contributed by atoms with van der Waals surface area (Å²) in [5, 5.41) is 51.1. The highest BCUT2D eigenvalue weighted by molar-refractivity contribution is 9.69. The molecule has 6 heterocycles. The number of likely N-dealkylation sites (tertiary alicyclic amines) is 2. The lowest BCUT2D eigenvalue weighted by molar-refractivity contribution is -0.151. The number of pyridine rings is 3. The number of carbonyl (C=O) groups is 3. The monoisotopic (exact) mass is 1680 g/mol. The molecule has 6 bridgehead atoms. The summed E-state index contributed by atoms with van der Waals surface area (Å²) in [6.07, 6.45) is 8.98. The van der Waals surface area contributed by atoms with Gasteiger partial charge in [0.25, 0.3) is 34.4 Å². The molecule has 110 heavy (non-hydrogen) atoms. The molecule has 14 N–H and O–H groups in total. The maximum absolute atomic E-state index is 12.7. The number of primary amides is 3. The Kier molecular flexibility index (Phi) is 22.3. The number of rotatable bonds is 11. The Bertz CT molecular complexity index is 4990. The molecule has 3 fully saturated rings. The topological polar surface area (TPSA) is 337 Å². The summed E-state index contributed by atoms with van der Waals surface area (Å²) in [6, 6.07) is 54.0. The molecule has 6 aromatic carbocycles. The van der Waals surface area contributed by atoms with Gasteiger partial charge in [0.1, 0.15) is 22.4 Å². The number of benzene rings is 6. The Hall–Kier alpha value is -8.40. The van der Waals surface area contributed by atoms with Crippen molar-refractivity contribution >= 4 is 68.2 Å². The summed E-state index contributed by atoms with van der Waals surface area (Å²) in [5.74, 6) is -2.08. The van der Waals surface area contributed by atoms with Crippen LogP contribution in [-0.2, 0) is 98.2 Å². The summed E-state index contributed by atoms with van der Waals surface area (Å²) in [7, 11) is 1.70. The van der Waals surface area contributed by atoms with Gasteiger partial charge in [-0.15, -0.1) is 47.3 Å². The summed E-state index contributed by atoms with van der Waals surface area (Å²) < 4.78 is 5.20. The third-order valence-electron chi connectivity index (χ3n) is 25.5. The van der Waals surface area contributed by atoms with E-state index in [1.807, 2.05) is 60.7 Å². The van der Waals surface area contributed by atoms with Crippen molar-refractivity contribution in [3.05, 3.63) is 307 Å². The number of amides is 3. The van der Waals surface area contributed by atoms with E-state index >= 15 is 0 Å². The van der Waals surface area contributed by atoms with Crippen molar-refractivity contribution in [1.82, 2.24) is 30.1 Å². The predicted molar refractivity (Wildman–Crippen MR) is 437 cm³/mol. The minimum Gasteiger partial charge on any atom is -0.508 e. The van der Waals surface area contributed by atoms with Crippen molar-refractivity contribution < 1.29 is 39.5 Å². The third-order valence-corrected chi connectivity index (χ3v) is 25.5.